The van der Waals surface area contributed by atoms with Crippen LogP contribution in [0.25, 0.3) is 0 Å². The number of imide groups is 1. The van der Waals surface area contributed by atoms with Crippen molar-refractivity contribution in [3.8, 4) is 0 Å². The third-order valence-corrected chi connectivity index (χ3v) is 3.90. The lowest BCUT2D eigenvalue weighted by Crippen LogP contribution is -2.32. The first-order valence-corrected chi connectivity index (χ1v) is 11.0. The van der Waals surface area contributed by atoms with Crippen LogP contribution in [-0.2, 0) is 33.5 Å². The number of aliphatic hydroxyl groups is 2. The number of amides is 2. The molecule has 1 fully saturated rings. The van der Waals surface area contributed by atoms with Gasteiger partial charge in [-0.2, -0.15) is 0 Å². The molecule has 0 aromatic carbocycles. The molecular formula is C27H64N2O9. The van der Waals surface area contributed by atoms with Crippen LogP contribution in [0.2, 0.25) is 0 Å². The van der Waals surface area contributed by atoms with Crippen LogP contribution in [0.3, 0.4) is 0 Å². The minimum Gasteiger partial charge on any atom is -0.396 e. The molecule has 0 radical (unpaired) electrons. The molecule has 4 N–H and O–H groups in total. The van der Waals surface area contributed by atoms with Gasteiger partial charge in [0.25, 0.3) is 11.8 Å². The summed E-state index contributed by atoms with van der Waals surface area (Å²) in [4.78, 5) is 49.1. The third-order valence-electron chi connectivity index (χ3n) is 3.90. The van der Waals surface area contributed by atoms with E-state index >= 15 is 0 Å². The van der Waals surface area contributed by atoms with Gasteiger partial charge in [0.05, 0.1) is 6.42 Å². The van der Waals surface area contributed by atoms with Gasteiger partial charge in [0.2, 0.25) is 0 Å². The number of carbonyl (C=O) groups is 4. The molecule has 1 aliphatic heterocycles. The van der Waals surface area contributed by atoms with Crippen LogP contribution in [0.5, 0.6) is 0 Å². The predicted octanol–water partition coefficient (Wildman–Crippen LogP) is 4.31. The fourth-order valence-electron chi connectivity index (χ4n) is 2.21. The van der Waals surface area contributed by atoms with Crippen LogP contribution in [0.15, 0.2) is 0 Å². The molecule has 0 unspecified atom stereocenters. The Morgan fingerprint density at radius 3 is 1.47 bits per heavy atom. The number of rotatable bonds is 16. The van der Waals surface area contributed by atoms with Crippen molar-refractivity contribution >= 4 is 23.6 Å². The molecule has 0 aromatic heterocycles. The maximum Gasteiger partial charge on any atom is 0.333 e. The predicted molar refractivity (Wildman–Crippen MR) is 156 cm³/mol. The lowest BCUT2D eigenvalue weighted by molar-refractivity contribution is -0.197. The zero-order valence-corrected chi connectivity index (χ0v) is 19.4. The average molecular weight is 561 g/mol. The smallest absolute Gasteiger partial charge is 0.333 e. The topological polar surface area (TPSA) is 166 Å². The first kappa shape index (κ1) is 56.3. The van der Waals surface area contributed by atoms with Crippen LogP contribution in [-0.4, -0.2) is 85.5 Å². The van der Waals surface area contributed by atoms with E-state index in [0.717, 1.165) is 6.42 Å². The van der Waals surface area contributed by atoms with Gasteiger partial charge in [0.1, 0.15) is 5.78 Å². The lowest BCUT2D eigenvalue weighted by atomic mass is 10.2. The number of hydrogen-bond donors (Lipinski definition) is 3. The van der Waals surface area contributed by atoms with Crippen LogP contribution in [0, 0.1) is 0 Å². The van der Waals surface area contributed by atoms with Crippen LogP contribution >= 0.6 is 0 Å². The molecule has 0 saturated carbocycles. The number of hydrogen-bond acceptors (Lipinski definition) is 10. The number of nitrogens with two attached hydrogens (primary N) is 1. The standard InChI is InChI=1S/C11H17NO6.C9H18O3.CH5N.6CH4/c13-6-2-8-17-7-1-3-11(16)18-12-9(14)4-5-10(12)15;1-2-9(11)5-3-7-12-8-4-6-10;1-2;;;;;;/h13H,1-8H2;10H,2-8H2,1H3;2H2,1H3;6*1H4. The Bertz CT molecular complexity index is 503. The lowest BCUT2D eigenvalue weighted by Gasteiger charge is -2.12. The van der Waals surface area contributed by atoms with E-state index in [1.54, 1.807) is 0 Å². The Morgan fingerprint density at radius 1 is 0.737 bits per heavy atom. The third kappa shape index (κ3) is 34.1. The molecule has 236 valence electrons. The van der Waals surface area contributed by atoms with E-state index in [9.17, 15) is 19.2 Å². The highest BCUT2D eigenvalue weighted by Crippen LogP contribution is 2.12. The fraction of sp³-hybridized carbons (Fsp3) is 0.852. The zero-order valence-electron chi connectivity index (χ0n) is 19.4. The van der Waals surface area contributed by atoms with Crippen molar-refractivity contribution < 1.29 is 43.7 Å². The zero-order chi connectivity index (χ0) is 24.6. The normalized spacial score (nSPS) is 10.6. The summed E-state index contributed by atoms with van der Waals surface area (Å²) in [6.45, 7) is 4.15. The first-order chi connectivity index (χ1) is 15.5. The molecule has 1 aliphatic rings. The molecule has 0 aliphatic carbocycles. The van der Waals surface area contributed by atoms with E-state index < -0.39 is 17.8 Å². The number of Topliss-reactive ketones (excluding diaryl/α,β-unsaturated/α-hetero) is 1. The Hall–Kier alpha value is -1.92. The van der Waals surface area contributed by atoms with E-state index in [2.05, 4.69) is 10.6 Å². The van der Waals surface area contributed by atoms with Crippen molar-refractivity contribution in [3.05, 3.63) is 0 Å². The SMILES string of the molecule is C.C.C.C.C.C.CCC(=O)CCCOCCCO.CN.O=C(CCCOCCCO)ON1C(=O)CCC1=O. The van der Waals surface area contributed by atoms with Crippen molar-refractivity contribution in [2.75, 3.05) is 46.7 Å². The van der Waals surface area contributed by atoms with Gasteiger partial charge in [-0.25, -0.2) is 4.79 Å². The van der Waals surface area contributed by atoms with Gasteiger partial charge in [-0.3, -0.25) is 14.4 Å². The maximum atomic E-state index is 11.3. The van der Waals surface area contributed by atoms with E-state index in [0.29, 0.717) is 69.4 Å². The Morgan fingerprint density at radius 2 is 1.11 bits per heavy atom. The van der Waals surface area contributed by atoms with E-state index in [-0.39, 0.29) is 77.0 Å². The summed E-state index contributed by atoms with van der Waals surface area (Å²) in [5.41, 5.74) is 4.50. The highest BCUT2D eigenvalue weighted by atomic mass is 16.7. The number of ketones is 1. The van der Waals surface area contributed by atoms with Crippen LogP contribution in [0.4, 0.5) is 0 Å². The molecule has 1 saturated heterocycles. The van der Waals surface area contributed by atoms with Crippen molar-refractivity contribution in [3.63, 3.8) is 0 Å². The van der Waals surface area contributed by atoms with Crippen LogP contribution in [0.1, 0.15) is 109 Å². The van der Waals surface area contributed by atoms with E-state index in [1.165, 1.54) is 7.05 Å². The number of carbonyl (C=O) groups excluding carboxylic acids is 4. The fourth-order valence-corrected chi connectivity index (χ4v) is 2.21. The average Bonchev–Trinajstić information content (AvgIpc) is 3.12. The molecule has 11 nitrogen and oxygen atoms in total. The highest BCUT2D eigenvalue weighted by Gasteiger charge is 2.32. The summed E-state index contributed by atoms with van der Waals surface area (Å²) in [7, 11) is 1.50. The summed E-state index contributed by atoms with van der Waals surface area (Å²) < 4.78 is 10.3. The second kappa shape index (κ2) is 42.2. The van der Waals surface area contributed by atoms with Crippen molar-refractivity contribution in [1.82, 2.24) is 5.06 Å². The van der Waals surface area contributed by atoms with Gasteiger partial charge < -0.3 is 30.3 Å². The first-order valence-electron chi connectivity index (χ1n) is 11.0. The molecule has 1 heterocycles. The van der Waals surface area contributed by atoms with Crippen LogP contribution < -0.4 is 5.73 Å². The molecule has 0 atom stereocenters. The van der Waals surface area contributed by atoms with Gasteiger partial charge >= 0.3 is 5.97 Å². The van der Waals surface area contributed by atoms with Gasteiger partial charge in [-0.15, -0.1) is 5.06 Å². The Labute approximate surface area is 234 Å². The molecule has 0 aromatic rings. The Kier molecular flexibility index (Phi) is 62.5. The highest BCUT2D eigenvalue weighted by molar-refractivity contribution is 6.01. The molecule has 0 bridgehead atoms. The molecule has 38 heavy (non-hydrogen) atoms. The van der Waals surface area contributed by atoms with E-state index in [4.69, 9.17) is 19.7 Å². The molecule has 0 spiro atoms. The summed E-state index contributed by atoms with van der Waals surface area (Å²) in [6.07, 6.45) is 4.00. The summed E-state index contributed by atoms with van der Waals surface area (Å²) in [5, 5.41) is 17.4. The molecule has 1 rings (SSSR count). The number of ether oxygens (including phenoxy) is 2. The summed E-state index contributed by atoms with van der Waals surface area (Å²) in [5.74, 6) is -1.29. The maximum absolute atomic E-state index is 11.3. The van der Waals surface area contributed by atoms with Crippen molar-refractivity contribution in [2.24, 2.45) is 5.73 Å². The number of aliphatic hydroxyl groups excluding tert-OH is 2. The Balaban J connectivity index is -0.0000000675. The second-order valence-corrected chi connectivity index (χ2v) is 6.52. The quantitative estimate of drug-likeness (QED) is 0.183. The van der Waals surface area contributed by atoms with Gasteiger partial charge in [0.15, 0.2) is 0 Å². The van der Waals surface area contributed by atoms with Crippen molar-refractivity contribution in [1.29, 1.82) is 0 Å². The summed E-state index contributed by atoms with van der Waals surface area (Å²) >= 11 is 0. The van der Waals surface area contributed by atoms with Gasteiger partial charge in [0, 0.05) is 65.3 Å². The largest absolute Gasteiger partial charge is 0.396 e. The molecular weight excluding hydrogens is 496 g/mol. The molecule has 11 heteroatoms. The summed E-state index contributed by atoms with van der Waals surface area (Å²) in [6, 6.07) is 0. The minimum atomic E-state index is -0.621. The minimum absolute atomic E-state index is 0. The second-order valence-electron chi connectivity index (χ2n) is 6.52. The van der Waals surface area contributed by atoms with E-state index in [1.807, 2.05) is 6.92 Å². The monoisotopic (exact) mass is 560 g/mol. The van der Waals surface area contributed by atoms with Gasteiger partial charge in [-0.05, 0) is 32.7 Å². The van der Waals surface area contributed by atoms with Crippen molar-refractivity contribution in [2.45, 2.75) is 109 Å². The van der Waals surface area contributed by atoms with Gasteiger partial charge in [-0.1, -0.05) is 51.5 Å². The number of nitrogens with zero attached hydrogens (tertiary/aromatic N) is 1. The molecule has 2 amide bonds. The number of hydroxylamine groups is 2.